The zero-order valence-corrected chi connectivity index (χ0v) is 31.6. The van der Waals surface area contributed by atoms with Gasteiger partial charge in [0, 0.05) is 53.5 Å². The number of carbonyl (C=O) groups is 3. The Hall–Kier alpha value is -5.41. The average Bonchev–Trinajstić information content (AvgIpc) is 3.58. The summed E-state index contributed by atoms with van der Waals surface area (Å²) in [5, 5.41) is 24.7. The second kappa shape index (κ2) is 15.5. The standard InChI is InChI=1S/C40H44N4O9Si/c1-26-37(54(3,4)51)35(23-36(46)42(20-21-45)24-27-8-6-5-7-9-27)53-40(26)33-22-31(44(49)50)16-19-34(33)43(39(40)48)25-28-10-14-30(15-11-28)41-38(47)29-12-17-32(52-2)18-13-29/h5-19,22,26,35,37,45,51H,20-21,23-25H2,1-4H3,(H,41,47)/t26-,35+,37-,40+/m0/s1. The van der Waals surface area contributed by atoms with Crippen molar-refractivity contribution in [3.05, 3.63) is 129 Å². The van der Waals surface area contributed by atoms with E-state index in [9.17, 15) is 34.4 Å². The number of hydrogen-bond acceptors (Lipinski definition) is 9. The number of nitrogens with zero attached hydrogens (tertiary/aromatic N) is 3. The van der Waals surface area contributed by atoms with Crippen LogP contribution in [0.25, 0.3) is 0 Å². The third kappa shape index (κ3) is 7.50. The van der Waals surface area contributed by atoms with Crippen LogP contribution in [0.1, 0.15) is 40.4 Å². The number of fused-ring (bicyclic) bond motifs is 2. The molecule has 6 rings (SSSR count). The first kappa shape index (κ1) is 38.3. The Balaban J connectivity index is 1.29. The van der Waals surface area contributed by atoms with Gasteiger partial charge in [0.05, 0.1) is 43.4 Å². The van der Waals surface area contributed by atoms with E-state index in [0.29, 0.717) is 28.3 Å². The molecule has 4 aromatic rings. The fourth-order valence-electron chi connectivity index (χ4n) is 7.88. The van der Waals surface area contributed by atoms with E-state index in [1.54, 1.807) is 75.7 Å². The van der Waals surface area contributed by atoms with Gasteiger partial charge in [0.1, 0.15) is 5.75 Å². The summed E-state index contributed by atoms with van der Waals surface area (Å²) in [6.07, 6.45) is -1.05. The number of aliphatic hydroxyl groups is 1. The third-order valence-corrected chi connectivity index (χ3v) is 12.9. The van der Waals surface area contributed by atoms with Crippen molar-refractivity contribution in [2.45, 2.75) is 56.8 Å². The van der Waals surface area contributed by atoms with Gasteiger partial charge in [-0.25, -0.2) is 0 Å². The number of nitro groups is 1. The fourth-order valence-corrected chi connectivity index (χ4v) is 10.4. The second-order valence-corrected chi connectivity index (χ2v) is 18.3. The first-order valence-electron chi connectivity index (χ1n) is 17.7. The predicted octanol–water partition coefficient (Wildman–Crippen LogP) is 5.61. The summed E-state index contributed by atoms with van der Waals surface area (Å²) in [5.41, 5.74) is 0.810. The topological polar surface area (TPSA) is 172 Å². The van der Waals surface area contributed by atoms with Crippen LogP contribution in [0.15, 0.2) is 97.1 Å². The zero-order chi connectivity index (χ0) is 38.8. The highest BCUT2D eigenvalue weighted by molar-refractivity contribution is 6.71. The summed E-state index contributed by atoms with van der Waals surface area (Å²) >= 11 is 0. The number of carbonyl (C=O) groups excluding carboxylic acids is 3. The molecular formula is C40H44N4O9Si. The quantitative estimate of drug-likeness (QED) is 0.0892. The molecule has 282 valence electrons. The molecule has 4 aromatic carbocycles. The van der Waals surface area contributed by atoms with Crippen LogP contribution < -0.4 is 15.0 Å². The Labute approximate surface area is 314 Å². The summed E-state index contributed by atoms with van der Waals surface area (Å²) in [5.74, 6) is -1.09. The average molecular weight is 753 g/mol. The lowest BCUT2D eigenvalue weighted by Gasteiger charge is -2.32. The van der Waals surface area contributed by atoms with Crippen molar-refractivity contribution in [3.8, 4) is 5.75 Å². The number of aliphatic hydroxyl groups excluding tert-OH is 1. The van der Waals surface area contributed by atoms with E-state index in [1.807, 2.05) is 30.3 Å². The highest BCUT2D eigenvalue weighted by Gasteiger charge is 2.66. The minimum atomic E-state index is -3.16. The fraction of sp³-hybridized carbons (Fsp3) is 0.325. The molecule has 2 aliphatic rings. The van der Waals surface area contributed by atoms with Crippen LogP contribution in [0.5, 0.6) is 5.75 Å². The van der Waals surface area contributed by atoms with Gasteiger partial charge in [0.25, 0.3) is 17.5 Å². The smallest absolute Gasteiger partial charge is 0.269 e. The van der Waals surface area contributed by atoms with Gasteiger partial charge in [-0.15, -0.1) is 0 Å². The van der Waals surface area contributed by atoms with E-state index in [-0.39, 0.29) is 50.2 Å². The van der Waals surface area contributed by atoms with Crippen LogP contribution in [0.4, 0.5) is 17.1 Å². The number of hydrogen-bond donors (Lipinski definition) is 3. The summed E-state index contributed by atoms with van der Waals surface area (Å²) in [6, 6.07) is 27.3. The molecule has 1 saturated heterocycles. The van der Waals surface area contributed by atoms with E-state index in [0.717, 1.165) is 11.1 Å². The third-order valence-electron chi connectivity index (χ3n) is 10.4. The molecule has 13 nitrogen and oxygen atoms in total. The Kier molecular flexibility index (Phi) is 11.0. The Morgan fingerprint density at radius 3 is 2.31 bits per heavy atom. The monoisotopic (exact) mass is 752 g/mol. The molecule has 3 amide bonds. The molecular weight excluding hydrogens is 709 g/mol. The SMILES string of the molecule is COc1ccc(C(=O)Nc2ccc(CN3C(=O)[C@]4(O[C@H](CC(=O)N(CCO)Cc5ccccc5)[C@@H]([Si](C)(C)O)[C@@H]4C)c4cc([N+](=O)[O-])ccc43)cc2)cc1. The highest BCUT2D eigenvalue weighted by atomic mass is 28.4. The van der Waals surface area contributed by atoms with Crippen LogP contribution in [-0.2, 0) is 33.0 Å². The molecule has 0 aromatic heterocycles. The van der Waals surface area contributed by atoms with Crippen molar-refractivity contribution >= 4 is 43.1 Å². The number of nitro benzene ring substituents is 1. The molecule has 1 spiro atoms. The van der Waals surface area contributed by atoms with Gasteiger partial charge in [-0.1, -0.05) is 49.4 Å². The van der Waals surface area contributed by atoms with Crippen molar-refractivity contribution in [2.75, 3.05) is 30.5 Å². The van der Waals surface area contributed by atoms with Gasteiger partial charge < -0.3 is 34.5 Å². The number of benzene rings is 4. The van der Waals surface area contributed by atoms with Gasteiger partial charge in [0.2, 0.25) is 5.91 Å². The van der Waals surface area contributed by atoms with E-state index >= 15 is 0 Å². The maximum Gasteiger partial charge on any atom is 0.269 e. The molecule has 0 aliphatic carbocycles. The number of methoxy groups -OCH3 is 1. The normalized spacial score (nSPS) is 20.5. The van der Waals surface area contributed by atoms with E-state index in [2.05, 4.69) is 5.32 Å². The predicted molar refractivity (Wildman–Crippen MR) is 204 cm³/mol. The van der Waals surface area contributed by atoms with E-state index in [1.165, 1.54) is 28.0 Å². The summed E-state index contributed by atoms with van der Waals surface area (Å²) in [7, 11) is -1.61. The first-order valence-corrected chi connectivity index (χ1v) is 20.8. The number of ether oxygens (including phenoxy) is 2. The Morgan fingerprint density at radius 1 is 1.02 bits per heavy atom. The minimum absolute atomic E-state index is 0.0808. The molecule has 1 fully saturated rings. The molecule has 4 atom stereocenters. The number of amides is 3. The molecule has 0 unspecified atom stereocenters. The number of non-ortho nitro benzene ring substituents is 1. The molecule has 2 aliphatic heterocycles. The van der Waals surface area contributed by atoms with Crippen molar-refractivity contribution in [1.29, 1.82) is 0 Å². The van der Waals surface area contributed by atoms with Crippen LogP contribution >= 0.6 is 0 Å². The molecule has 2 heterocycles. The summed E-state index contributed by atoms with van der Waals surface area (Å²) in [6.45, 7) is 5.45. The summed E-state index contributed by atoms with van der Waals surface area (Å²) < 4.78 is 11.9. The maximum absolute atomic E-state index is 14.8. The lowest BCUT2D eigenvalue weighted by molar-refractivity contribution is -0.385. The van der Waals surface area contributed by atoms with Crippen LogP contribution in [-0.4, -0.2) is 72.1 Å². The van der Waals surface area contributed by atoms with E-state index < -0.39 is 42.3 Å². The molecule has 0 radical (unpaired) electrons. The molecule has 0 saturated carbocycles. The van der Waals surface area contributed by atoms with Crippen molar-refractivity contribution in [2.24, 2.45) is 5.92 Å². The summed E-state index contributed by atoms with van der Waals surface area (Å²) in [4.78, 5) is 67.8. The van der Waals surface area contributed by atoms with E-state index in [4.69, 9.17) is 9.47 Å². The molecule has 3 N–H and O–H groups in total. The Morgan fingerprint density at radius 2 is 1.70 bits per heavy atom. The Bertz CT molecular complexity index is 2020. The number of nitrogens with one attached hydrogen (secondary N) is 1. The highest BCUT2D eigenvalue weighted by Crippen LogP contribution is 2.60. The van der Waals surface area contributed by atoms with Gasteiger partial charge in [-0.3, -0.25) is 24.5 Å². The maximum atomic E-state index is 14.8. The van der Waals surface area contributed by atoms with Gasteiger partial charge in [-0.05, 0) is 66.7 Å². The first-order chi connectivity index (χ1) is 25.8. The van der Waals surface area contributed by atoms with Gasteiger partial charge >= 0.3 is 0 Å². The number of rotatable bonds is 13. The molecule has 54 heavy (non-hydrogen) atoms. The minimum Gasteiger partial charge on any atom is -0.497 e. The molecule has 14 heteroatoms. The van der Waals surface area contributed by atoms with Crippen molar-refractivity contribution in [1.82, 2.24) is 4.90 Å². The van der Waals surface area contributed by atoms with Gasteiger partial charge in [0.15, 0.2) is 13.9 Å². The number of anilines is 2. The van der Waals surface area contributed by atoms with Gasteiger partial charge in [-0.2, -0.15) is 0 Å². The molecule has 0 bridgehead atoms. The lowest BCUT2D eigenvalue weighted by Crippen LogP contribution is -2.46. The van der Waals surface area contributed by atoms with Crippen LogP contribution in [0.2, 0.25) is 18.6 Å². The van der Waals surface area contributed by atoms with Crippen LogP contribution in [0.3, 0.4) is 0 Å². The largest absolute Gasteiger partial charge is 0.497 e. The lowest BCUT2D eigenvalue weighted by atomic mass is 9.82. The van der Waals surface area contributed by atoms with Crippen LogP contribution in [0, 0.1) is 16.0 Å². The second-order valence-electron chi connectivity index (χ2n) is 14.3. The zero-order valence-electron chi connectivity index (χ0n) is 30.6. The van der Waals surface area contributed by atoms with Crippen molar-refractivity contribution in [3.63, 3.8) is 0 Å². The van der Waals surface area contributed by atoms with Crippen molar-refractivity contribution < 1.29 is 38.7 Å².